The van der Waals surface area contributed by atoms with Crippen LogP contribution in [0.15, 0.2) is 10.6 Å². The van der Waals surface area contributed by atoms with Gasteiger partial charge in [0, 0.05) is 6.42 Å². The Kier molecular flexibility index (Phi) is 5.35. The molecule has 0 bridgehead atoms. The summed E-state index contributed by atoms with van der Waals surface area (Å²) in [5.41, 5.74) is 0. The number of halogens is 3. The van der Waals surface area contributed by atoms with Crippen LogP contribution >= 0.6 is 23.2 Å². The van der Waals surface area contributed by atoms with Gasteiger partial charge in [-0.2, -0.15) is 0 Å². The third-order valence-electron chi connectivity index (χ3n) is 0.632. The highest BCUT2D eigenvalue weighted by atomic mass is 35.5. The zero-order chi connectivity index (χ0) is 7.98. The predicted molar refractivity (Wildman–Crippen MR) is 36.9 cm³/mol. The molecule has 0 unspecified atom stereocenters. The Morgan fingerprint density at radius 2 is 2.20 bits per heavy atom. The van der Waals surface area contributed by atoms with Gasteiger partial charge in [0.05, 0.1) is 6.61 Å². The van der Waals surface area contributed by atoms with Crippen LogP contribution < -0.4 is 0 Å². The van der Waals surface area contributed by atoms with E-state index in [9.17, 15) is 9.18 Å². The first kappa shape index (κ1) is 9.72. The van der Waals surface area contributed by atoms with Gasteiger partial charge in [-0.1, -0.05) is 29.3 Å². The predicted octanol–water partition coefficient (Wildman–Crippen LogP) is 2.80. The molecule has 0 N–H and O–H groups in total. The van der Waals surface area contributed by atoms with Crippen LogP contribution in [0.2, 0.25) is 0 Å². The standard InChI is InChI=1S/C5H5Cl2FO2/c6-4(7)2-1-3-10-5(8)9/h2H,1,3H2. The summed E-state index contributed by atoms with van der Waals surface area (Å²) in [5.74, 6) is 0. The maximum absolute atomic E-state index is 11.3. The second-order valence-corrected chi connectivity index (χ2v) is 2.38. The van der Waals surface area contributed by atoms with Crippen molar-refractivity contribution in [3.05, 3.63) is 10.6 Å². The normalized spacial score (nSPS) is 8.70. The molecule has 10 heavy (non-hydrogen) atoms. The van der Waals surface area contributed by atoms with Crippen molar-refractivity contribution in [2.45, 2.75) is 6.42 Å². The molecule has 0 atom stereocenters. The number of rotatable bonds is 3. The van der Waals surface area contributed by atoms with Gasteiger partial charge in [-0.25, -0.2) is 4.79 Å². The Morgan fingerprint density at radius 3 is 2.60 bits per heavy atom. The highest BCUT2D eigenvalue weighted by Crippen LogP contribution is 2.06. The van der Waals surface area contributed by atoms with Crippen LogP contribution in [0.25, 0.3) is 0 Å². The molecule has 2 nitrogen and oxygen atoms in total. The van der Waals surface area contributed by atoms with Gasteiger partial charge < -0.3 is 4.74 Å². The molecule has 0 aliphatic rings. The van der Waals surface area contributed by atoms with Crippen LogP contribution in [0, 0.1) is 0 Å². The molecule has 58 valence electrons. The molecule has 0 radical (unpaired) electrons. The first-order chi connectivity index (χ1) is 4.63. The van der Waals surface area contributed by atoms with Crippen LogP contribution in [-0.2, 0) is 4.74 Å². The molecule has 0 aliphatic heterocycles. The van der Waals surface area contributed by atoms with Gasteiger partial charge in [0.25, 0.3) is 0 Å². The quantitative estimate of drug-likeness (QED) is 0.501. The summed E-state index contributed by atoms with van der Waals surface area (Å²) in [7, 11) is 0. The van der Waals surface area contributed by atoms with E-state index in [2.05, 4.69) is 4.74 Å². The number of ether oxygens (including phenoxy) is 1. The number of hydrogen-bond acceptors (Lipinski definition) is 2. The molecule has 0 saturated carbocycles. The average Bonchev–Trinajstić information content (AvgIpc) is 1.79. The zero-order valence-corrected chi connectivity index (χ0v) is 6.45. The lowest BCUT2D eigenvalue weighted by atomic mass is 10.5. The third-order valence-corrected chi connectivity index (χ3v) is 0.941. The van der Waals surface area contributed by atoms with Gasteiger partial charge in [-0.3, -0.25) is 0 Å². The van der Waals surface area contributed by atoms with Gasteiger partial charge in [0.2, 0.25) is 0 Å². The van der Waals surface area contributed by atoms with Gasteiger partial charge in [-0.15, -0.1) is 4.39 Å². The van der Waals surface area contributed by atoms with Crippen LogP contribution in [0.3, 0.4) is 0 Å². The van der Waals surface area contributed by atoms with Crippen LogP contribution in [-0.4, -0.2) is 12.8 Å². The SMILES string of the molecule is O=C(F)OCCC=C(Cl)Cl. The van der Waals surface area contributed by atoms with Crippen LogP contribution in [0.1, 0.15) is 6.42 Å². The van der Waals surface area contributed by atoms with E-state index in [1.54, 1.807) is 0 Å². The lowest BCUT2D eigenvalue weighted by Crippen LogP contribution is -1.95. The molecule has 0 aromatic heterocycles. The molecule has 0 saturated heterocycles. The minimum atomic E-state index is -1.79. The van der Waals surface area contributed by atoms with Gasteiger partial charge >= 0.3 is 6.22 Å². The fraction of sp³-hybridized carbons (Fsp3) is 0.400. The summed E-state index contributed by atoms with van der Waals surface area (Å²) in [4.78, 5) is 9.51. The van der Waals surface area contributed by atoms with Gasteiger partial charge in [0.15, 0.2) is 0 Å². The van der Waals surface area contributed by atoms with E-state index in [0.717, 1.165) is 0 Å². The summed E-state index contributed by atoms with van der Waals surface area (Å²) in [6.07, 6.45) is -0.0663. The van der Waals surface area contributed by atoms with E-state index in [-0.39, 0.29) is 11.1 Å². The van der Waals surface area contributed by atoms with Crippen molar-refractivity contribution < 1.29 is 13.9 Å². The van der Waals surface area contributed by atoms with E-state index < -0.39 is 6.22 Å². The molecule has 0 aromatic rings. The number of carbonyl (C=O) groups is 1. The number of carbonyl (C=O) groups excluding carboxylic acids is 1. The van der Waals surface area contributed by atoms with Crippen molar-refractivity contribution in [2.24, 2.45) is 0 Å². The maximum atomic E-state index is 11.3. The lowest BCUT2D eigenvalue weighted by Gasteiger charge is -1.92. The van der Waals surface area contributed by atoms with Crippen molar-refractivity contribution >= 4 is 29.4 Å². The summed E-state index contributed by atoms with van der Waals surface area (Å²) in [5, 5.41) is 0. The second kappa shape index (κ2) is 5.50. The monoisotopic (exact) mass is 186 g/mol. The molecule has 0 rings (SSSR count). The minimum absolute atomic E-state index is 0.0434. The smallest absolute Gasteiger partial charge is 0.440 e. The minimum Gasteiger partial charge on any atom is -0.440 e. The highest BCUT2D eigenvalue weighted by molar-refractivity contribution is 6.55. The van der Waals surface area contributed by atoms with Crippen LogP contribution in [0.5, 0.6) is 0 Å². The lowest BCUT2D eigenvalue weighted by molar-refractivity contribution is 0.122. The summed E-state index contributed by atoms with van der Waals surface area (Å²) < 4.78 is 15.3. The second-order valence-electron chi connectivity index (χ2n) is 1.37. The molecular weight excluding hydrogens is 182 g/mol. The first-order valence-electron chi connectivity index (χ1n) is 2.46. The van der Waals surface area contributed by atoms with Crippen molar-refractivity contribution in [3.8, 4) is 0 Å². The Balaban J connectivity index is 3.21. The first-order valence-corrected chi connectivity index (χ1v) is 3.22. The summed E-state index contributed by atoms with van der Waals surface area (Å²) >= 11 is 10.4. The van der Waals surface area contributed by atoms with E-state index >= 15 is 0 Å². The maximum Gasteiger partial charge on any atom is 0.495 e. The third kappa shape index (κ3) is 7.72. The molecule has 0 fully saturated rings. The van der Waals surface area contributed by atoms with Gasteiger partial charge in [0.1, 0.15) is 4.49 Å². The Bertz CT molecular complexity index is 143. The molecule has 0 aliphatic carbocycles. The van der Waals surface area contributed by atoms with E-state index in [1.165, 1.54) is 6.08 Å². The zero-order valence-electron chi connectivity index (χ0n) is 4.94. The Morgan fingerprint density at radius 1 is 1.60 bits per heavy atom. The van der Waals surface area contributed by atoms with Crippen molar-refractivity contribution in [3.63, 3.8) is 0 Å². The fourth-order valence-electron chi connectivity index (χ4n) is 0.307. The molecular formula is C5H5Cl2FO2. The topological polar surface area (TPSA) is 26.3 Å². The van der Waals surface area contributed by atoms with Crippen LogP contribution in [0.4, 0.5) is 9.18 Å². The summed E-state index contributed by atoms with van der Waals surface area (Å²) in [6.45, 7) is -0.0434. The van der Waals surface area contributed by atoms with E-state index in [0.29, 0.717) is 6.42 Å². The molecule has 0 heterocycles. The largest absolute Gasteiger partial charge is 0.495 e. The van der Waals surface area contributed by atoms with Gasteiger partial charge in [-0.05, 0) is 0 Å². The molecule has 0 spiro atoms. The summed E-state index contributed by atoms with van der Waals surface area (Å²) in [6, 6.07) is 0. The molecule has 0 amide bonds. The molecule has 0 aromatic carbocycles. The Labute approximate surface area is 67.6 Å². The van der Waals surface area contributed by atoms with Crippen molar-refractivity contribution in [1.29, 1.82) is 0 Å². The Hall–Kier alpha value is -0.280. The average molecular weight is 187 g/mol. The van der Waals surface area contributed by atoms with E-state index in [1.807, 2.05) is 0 Å². The highest BCUT2D eigenvalue weighted by Gasteiger charge is 1.94. The van der Waals surface area contributed by atoms with E-state index in [4.69, 9.17) is 23.2 Å². The number of hydrogen-bond donors (Lipinski definition) is 0. The molecule has 5 heteroatoms. The fourth-order valence-corrected chi connectivity index (χ4v) is 0.525. The van der Waals surface area contributed by atoms with Crippen molar-refractivity contribution in [1.82, 2.24) is 0 Å². The van der Waals surface area contributed by atoms with Crippen molar-refractivity contribution in [2.75, 3.05) is 6.61 Å².